The lowest BCUT2D eigenvalue weighted by molar-refractivity contribution is 0.164. The molecule has 0 saturated heterocycles. The first-order valence-corrected chi connectivity index (χ1v) is 8.13. The van der Waals surface area contributed by atoms with Gasteiger partial charge in [-0.25, -0.2) is 13.4 Å². The van der Waals surface area contributed by atoms with Crippen LogP contribution in [-0.2, 0) is 14.8 Å². The van der Waals surface area contributed by atoms with Crippen LogP contribution in [-0.4, -0.2) is 44.0 Å². The fraction of sp³-hybridized carbons (Fsp3) is 0.615. The van der Waals surface area contributed by atoms with Crippen LogP contribution in [0.15, 0.2) is 23.4 Å². The molecule has 0 radical (unpaired) electrons. The van der Waals surface area contributed by atoms with Gasteiger partial charge >= 0.3 is 0 Å². The number of hydrogen-bond donors (Lipinski definition) is 1. The highest BCUT2D eigenvalue weighted by Crippen LogP contribution is 2.37. The van der Waals surface area contributed by atoms with Gasteiger partial charge in [0.2, 0.25) is 0 Å². The minimum Gasteiger partial charge on any atom is -0.396 e. The summed E-state index contributed by atoms with van der Waals surface area (Å²) in [4.78, 5) is 3.95. The predicted molar refractivity (Wildman–Crippen MR) is 76.6 cm³/mol. The van der Waals surface area contributed by atoms with Crippen molar-refractivity contribution in [3.05, 3.63) is 18.3 Å². The van der Waals surface area contributed by atoms with Crippen molar-refractivity contribution in [2.75, 3.05) is 26.0 Å². The smallest absolute Gasteiger partial charge is 0.262 e. The summed E-state index contributed by atoms with van der Waals surface area (Å²) in [5, 5.41) is -0.0661. The Balaban J connectivity index is 2.33. The highest BCUT2D eigenvalue weighted by atomic mass is 32.2. The Morgan fingerprint density at radius 3 is 2.80 bits per heavy atom. The molecule has 20 heavy (non-hydrogen) atoms. The number of nitrogens with zero attached hydrogens (tertiary/aromatic N) is 2. The molecular weight excluding hydrogens is 278 g/mol. The van der Waals surface area contributed by atoms with E-state index in [4.69, 9.17) is 10.5 Å². The van der Waals surface area contributed by atoms with Crippen LogP contribution in [0, 0.1) is 5.92 Å². The van der Waals surface area contributed by atoms with Gasteiger partial charge in [-0.3, -0.25) is 0 Å². The molecule has 0 aromatic carbocycles. The molecule has 0 bridgehead atoms. The Morgan fingerprint density at radius 2 is 2.25 bits per heavy atom. The second kappa shape index (κ2) is 6.07. The van der Waals surface area contributed by atoms with Crippen molar-refractivity contribution in [3.63, 3.8) is 0 Å². The largest absolute Gasteiger partial charge is 0.396 e. The van der Waals surface area contributed by atoms with Crippen LogP contribution in [0.5, 0.6) is 0 Å². The molecule has 1 fully saturated rings. The molecule has 1 saturated carbocycles. The maximum Gasteiger partial charge on any atom is 0.262 e. The zero-order valence-corrected chi connectivity index (χ0v) is 12.6. The van der Waals surface area contributed by atoms with E-state index in [9.17, 15) is 8.42 Å². The average Bonchev–Trinajstić information content (AvgIpc) is 3.23. The van der Waals surface area contributed by atoms with Crippen molar-refractivity contribution < 1.29 is 13.2 Å². The molecule has 7 heteroatoms. The number of anilines is 1. The van der Waals surface area contributed by atoms with E-state index in [1.165, 1.54) is 10.5 Å². The van der Waals surface area contributed by atoms with Crippen molar-refractivity contribution in [1.82, 2.24) is 9.29 Å². The number of aromatic nitrogens is 1. The molecule has 0 aliphatic heterocycles. The van der Waals surface area contributed by atoms with Gasteiger partial charge in [-0.2, -0.15) is 4.31 Å². The SMILES string of the molecule is COCCN(C(C)C1CC1)S(=O)(=O)c1ncccc1N. The van der Waals surface area contributed by atoms with Gasteiger partial charge in [0.25, 0.3) is 10.0 Å². The predicted octanol–water partition coefficient (Wildman–Crippen LogP) is 1.10. The van der Waals surface area contributed by atoms with E-state index in [1.54, 1.807) is 19.2 Å². The van der Waals surface area contributed by atoms with Crippen LogP contribution in [0.4, 0.5) is 5.69 Å². The van der Waals surface area contributed by atoms with Gasteiger partial charge in [0, 0.05) is 25.9 Å². The van der Waals surface area contributed by atoms with Crippen LogP contribution in [0.2, 0.25) is 0 Å². The van der Waals surface area contributed by atoms with Crippen molar-refractivity contribution in [2.45, 2.75) is 30.8 Å². The summed E-state index contributed by atoms with van der Waals surface area (Å²) >= 11 is 0. The van der Waals surface area contributed by atoms with Crippen LogP contribution in [0.3, 0.4) is 0 Å². The standard InChI is InChI=1S/C13H21N3O3S/c1-10(11-5-6-11)16(8-9-19-2)20(17,18)13-12(14)4-3-7-15-13/h3-4,7,10-11H,5-6,8-9,14H2,1-2H3. The molecule has 1 atom stereocenters. The van der Waals surface area contributed by atoms with E-state index in [0.717, 1.165) is 12.8 Å². The van der Waals surface area contributed by atoms with E-state index in [1.807, 2.05) is 6.92 Å². The second-order valence-electron chi connectivity index (χ2n) is 5.08. The van der Waals surface area contributed by atoms with Gasteiger partial charge in [0.1, 0.15) is 0 Å². The first kappa shape index (κ1) is 15.2. The normalized spacial score (nSPS) is 17.4. The molecule has 1 unspecified atom stereocenters. The Morgan fingerprint density at radius 1 is 1.55 bits per heavy atom. The molecule has 6 nitrogen and oxygen atoms in total. The van der Waals surface area contributed by atoms with Crippen molar-refractivity contribution >= 4 is 15.7 Å². The molecule has 112 valence electrons. The Kier molecular flexibility index (Phi) is 4.62. The van der Waals surface area contributed by atoms with Gasteiger partial charge in [-0.15, -0.1) is 0 Å². The van der Waals surface area contributed by atoms with Crippen LogP contribution < -0.4 is 5.73 Å². The summed E-state index contributed by atoms with van der Waals surface area (Å²) < 4.78 is 32.0. The van der Waals surface area contributed by atoms with E-state index in [2.05, 4.69) is 4.98 Å². The summed E-state index contributed by atoms with van der Waals surface area (Å²) in [5.41, 5.74) is 5.94. The number of nitrogens with two attached hydrogens (primary N) is 1. The van der Waals surface area contributed by atoms with E-state index < -0.39 is 10.0 Å². The monoisotopic (exact) mass is 299 g/mol. The third-order valence-corrected chi connectivity index (χ3v) is 5.59. The van der Waals surface area contributed by atoms with Gasteiger partial charge in [-0.05, 0) is 37.8 Å². The molecule has 2 rings (SSSR count). The highest BCUT2D eigenvalue weighted by Gasteiger charge is 2.39. The number of nitrogen functional groups attached to an aromatic ring is 1. The van der Waals surface area contributed by atoms with Crippen molar-refractivity contribution in [3.8, 4) is 0 Å². The van der Waals surface area contributed by atoms with Crippen LogP contribution >= 0.6 is 0 Å². The van der Waals surface area contributed by atoms with E-state index >= 15 is 0 Å². The summed E-state index contributed by atoms with van der Waals surface area (Å²) in [5.74, 6) is 0.423. The lowest BCUT2D eigenvalue weighted by atomic mass is 10.2. The lowest BCUT2D eigenvalue weighted by Gasteiger charge is -2.28. The number of hydrogen-bond acceptors (Lipinski definition) is 5. The second-order valence-corrected chi connectivity index (χ2v) is 6.89. The third kappa shape index (κ3) is 3.11. The summed E-state index contributed by atoms with van der Waals surface area (Å²) in [6.07, 6.45) is 3.58. The zero-order chi connectivity index (χ0) is 14.8. The molecular formula is C13H21N3O3S. The molecule has 1 aromatic heterocycles. The fourth-order valence-electron chi connectivity index (χ4n) is 2.27. The Hall–Kier alpha value is -1.18. The first-order valence-electron chi connectivity index (χ1n) is 6.69. The maximum absolute atomic E-state index is 12.8. The number of pyridine rings is 1. The number of rotatable bonds is 7. The molecule has 1 heterocycles. The zero-order valence-electron chi connectivity index (χ0n) is 11.8. The molecule has 1 aliphatic rings. The minimum absolute atomic E-state index is 0.0587. The fourth-order valence-corrected chi connectivity index (χ4v) is 3.97. The van der Waals surface area contributed by atoms with Crippen LogP contribution in [0.25, 0.3) is 0 Å². The van der Waals surface area contributed by atoms with Crippen molar-refractivity contribution in [1.29, 1.82) is 0 Å². The number of ether oxygens (including phenoxy) is 1. The van der Waals surface area contributed by atoms with Gasteiger partial charge in [-0.1, -0.05) is 0 Å². The van der Waals surface area contributed by atoms with E-state index in [0.29, 0.717) is 19.1 Å². The molecule has 2 N–H and O–H groups in total. The third-order valence-electron chi connectivity index (χ3n) is 3.63. The average molecular weight is 299 g/mol. The summed E-state index contributed by atoms with van der Waals surface area (Å²) in [6.45, 7) is 2.60. The molecule has 0 spiro atoms. The van der Waals surface area contributed by atoms with Crippen molar-refractivity contribution in [2.24, 2.45) is 5.92 Å². The lowest BCUT2D eigenvalue weighted by Crippen LogP contribution is -2.42. The summed E-state index contributed by atoms with van der Waals surface area (Å²) in [6, 6.07) is 3.12. The van der Waals surface area contributed by atoms with Crippen LogP contribution in [0.1, 0.15) is 19.8 Å². The molecule has 1 aliphatic carbocycles. The van der Waals surface area contributed by atoms with Gasteiger partial charge in [0.05, 0.1) is 12.3 Å². The van der Waals surface area contributed by atoms with E-state index in [-0.39, 0.29) is 16.8 Å². The molecule has 0 amide bonds. The number of sulfonamides is 1. The first-order chi connectivity index (χ1) is 9.48. The molecule has 1 aromatic rings. The Labute approximate surface area is 120 Å². The quantitative estimate of drug-likeness (QED) is 0.815. The highest BCUT2D eigenvalue weighted by molar-refractivity contribution is 7.89. The summed E-state index contributed by atoms with van der Waals surface area (Å²) in [7, 11) is -2.13. The van der Waals surface area contributed by atoms with Gasteiger partial charge in [0.15, 0.2) is 5.03 Å². The Bertz CT molecular complexity index is 558. The minimum atomic E-state index is -3.69. The maximum atomic E-state index is 12.8. The van der Waals surface area contributed by atoms with Gasteiger partial charge < -0.3 is 10.5 Å². The number of methoxy groups -OCH3 is 1. The topological polar surface area (TPSA) is 85.5 Å².